The van der Waals surface area contributed by atoms with Gasteiger partial charge in [-0.3, -0.25) is 0 Å². The molecule has 2 rings (SSSR count). The molecule has 1 unspecified atom stereocenters. The van der Waals surface area contributed by atoms with E-state index in [1.54, 1.807) is 24.3 Å². The topological polar surface area (TPSA) is 83.6 Å². The fraction of sp³-hybridized carbons (Fsp3) is 0.538. The van der Waals surface area contributed by atoms with E-state index in [2.05, 4.69) is 5.32 Å². The lowest BCUT2D eigenvalue weighted by Crippen LogP contribution is -2.43. The number of sulfonamides is 1. The smallest absolute Gasteiger partial charge is 0.243 e. The van der Waals surface area contributed by atoms with E-state index >= 15 is 0 Å². The van der Waals surface area contributed by atoms with Crippen LogP contribution in [0.2, 0.25) is 0 Å². The molecule has 6 nitrogen and oxygen atoms in total. The van der Waals surface area contributed by atoms with E-state index < -0.39 is 19.9 Å². The summed E-state index contributed by atoms with van der Waals surface area (Å²) in [5.74, 6) is -0.220. The van der Waals surface area contributed by atoms with Crippen LogP contribution < -0.4 is 5.32 Å². The van der Waals surface area contributed by atoms with Gasteiger partial charge in [-0.25, -0.2) is 16.8 Å². The quantitative estimate of drug-likeness (QED) is 0.862. The van der Waals surface area contributed by atoms with Gasteiger partial charge in [0.05, 0.1) is 16.4 Å². The monoisotopic (exact) mass is 332 g/mol. The van der Waals surface area contributed by atoms with Gasteiger partial charge in [-0.05, 0) is 31.7 Å². The van der Waals surface area contributed by atoms with Gasteiger partial charge < -0.3 is 5.32 Å². The third kappa shape index (κ3) is 3.63. The second-order valence-corrected chi connectivity index (χ2v) is 9.38. The van der Waals surface area contributed by atoms with E-state index in [0.717, 1.165) is 5.56 Å². The zero-order chi connectivity index (χ0) is 15.7. The Balaban J connectivity index is 2.20. The third-order valence-corrected chi connectivity index (χ3v) is 7.28. The molecule has 1 saturated heterocycles. The zero-order valence-electron chi connectivity index (χ0n) is 12.1. The molecular weight excluding hydrogens is 312 g/mol. The van der Waals surface area contributed by atoms with E-state index in [4.69, 9.17) is 0 Å². The van der Waals surface area contributed by atoms with Crippen molar-refractivity contribution in [3.05, 3.63) is 29.8 Å². The lowest BCUT2D eigenvalue weighted by molar-refractivity contribution is 0.430. The van der Waals surface area contributed by atoms with Gasteiger partial charge in [0.2, 0.25) is 10.0 Å². The van der Waals surface area contributed by atoms with Crippen LogP contribution in [0.5, 0.6) is 0 Å². The van der Waals surface area contributed by atoms with Crippen LogP contribution in [0.1, 0.15) is 18.5 Å². The van der Waals surface area contributed by atoms with Gasteiger partial charge in [-0.2, -0.15) is 4.31 Å². The molecule has 1 atom stereocenters. The van der Waals surface area contributed by atoms with Gasteiger partial charge in [0.15, 0.2) is 9.84 Å². The van der Waals surface area contributed by atoms with Crippen LogP contribution in [0.15, 0.2) is 29.2 Å². The van der Waals surface area contributed by atoms with Crippen molar-refractivity contribution in [2.24, 2.45) is 0 Å². The van der Waals surface area contributed by atoms with Crippen molar-refractivity contribution in [2.45, 2.75) is 17.9 Å². The molecule has 0 radical (unpaired) electrons. The Kier molecular flexibility index (Phi) is 4.72. The molecule has 8 heteroatoms. The summed E-state index contributed by atoms with van der Waals surface area (Å²) < 4.78 is 48.9. The van der Waals surface area contributed by atoms with E-state index in [-0.39, 0.29) is 35.5 Å². The van der Waals surface area contributed by atoms with E-state index in [0.29, 0.717) is 0 Å². The first-order valence-corrected chi connectivity index (χ1v) is 10.0. The van der Waals surface area contributed by atoms with Crippen molar-refractivity contribution in [1.29, 1.82) is 0 Å². The summed E-state index contributed by atoms with van der Waals surface area (Å²) in [7, 11) is -4.87. The van der Waals surface area contributed by atoms with Crippen LogP contribution in [-0.2, 0) is 19.9 Å². The summed E-state index contributed by atoms with van der Waals surface area (Å²) in [4.78, 5) is 0.203. The van der Waals surface area contributed by atoms with E-state index in [1.165, 1.54) is 4.31 Å². The lowest BCUT2D eigenvalue weighted by atomic mass is 10.1. The standard InChI is InChI=1S/C13H20N2O4S2/c1-11(14-2)12-3-5-13(6-4-12)21(18,19)15-7-9-20(16,17)10-8-15/h3-6,11,14H,7-10H2,1-2H3. The lowest BCUT2D eigenvalue weighted by Gasteiger charge is -2.26. The molecule has 1 fully saturated rings. The molecule has 0 amide bonds. The molecule has 0 bridgehead atoms. The molecule has 1 aromatic carbocycles. The highest BCUT2D eigenvalue weighted by molar-refractivity contribution is 7.92. The highest BCUT2D eigenvalue weighted by atomic mass is 32.2. The number of hydrogen-bond acceptors (Lipinski definition) is 5. The molecule has 0 aromatic heterocycles. The van der Waals surface area contributed by atoms with Crippen LogP contribution in [0.3, 0.4) is 0 Å². The van der Waals surface area contributed by atoms with Crippen LogP contribution in [-0.4, -0.2) is 52.8 Å². The first-order valence-electron chi connectivity index (χ1n) is 6.74. The summed E-state index contributed by atoms with van der Waals surface area (Å²) in [6.07, 6.45) is 0. The average Bonchev–Trinajstić information content (AvgIpc) is 2.46. The summed E-state index contributed by atoms with van der Waals surface area (Å²) in [6, 6.07) is 6.83. The number of hydrogen-bond donors (Lipinski definition) is 1. The summed E-state index contributed by atoms with van der Waals surface area (Å²) in [6.45, 7) is 2.04. The number of sulfone groups is 1. The predicted molar refractivity (Wildman–Crippen MR) is 81.3 cm³/mol. The summed E-state index contributed by atoms with van der Waals surface area (Å²) >= 11 is 0. The molecule has 0 spiro atoms. The Hall–Kier alpha value is -0.960. The maximum absolute atomic E-state index is 12.5. The Morgan fingerprint density at radius 3 is 2.14 bits per heavy atom. The molecule has 0 aliphatic carbocycles. The van der Waals surface area contributed by atoms with Gasteiger partial charge >= 0.3 is 0 Å². The first kappa shape index (κ1) is 16.4. The molecule has 21 heavy (non-hydrogen) atoms. The van der Waals surface area contributed by atoms with E-state index in [1.807, 2.05) is 14.0 Å². The maximum atomic E-state index is 12.5. The molecule has 1 aromatic rings. The van der Waals surface area contributed by atoms with Crippen molar-refractivity contribution in [3.8, 4) is 0 Å². The Morgan fingerprint density at radius 2 is 1.67 bits per heavy atom. The van der Waals surface area contributed by atoms with Crippen molar-refractivity contribution in [1.82, 2.24) is 9.62 Å². The van der Waals surface area contributed by atoms with Gasteiger partial charge in [0.25, 0.3) is 0 Å². The van der Waals surface area contributed by atoms with Gasteiger partial charge in [0.1, 0.15) is 0 Å². The van der Waals surface area contributed by atoms with E-state index in [9.17, 15) is 16.8 Å². The van der Waals surface area contributed by atoms with Gasteiger partial charge in [-0.15, -0.1) is 0 Å². The molecule has 1 aliphatic rings. The van der Waals surface area contributed by atoms with Crippen LogP contribution in [0.4, 0.5) is 0 Å². The minimum absolute atomic E-state index is 0.0271. The molecule has 1 N–H and O–H groups in total. The van der Waals surface area contributed by atoms with Gasteiger partial charge in [0, 0.05) is 19.1 Å². The largest absolute Gasteiger partial charge is 0.313 e. The van der Waals surface area contributed by atoms with Crippen LogP contribution in [0.25, 0.3) is 0 Å². The molecule has 1 aliphatic heterocycles. The number of nitrogens with zero attached hydrogens (tertiary/aromatic N) is 1. The van der Waals surface area contributed by atoms with Crippen molar-refractivity contribution >= 4 is 19.9 Å². The second kappa shape index (κ2) is 6.04. The number of nitrogens with one attached hydrogen (secondary N) is 1. The highest BCUT2D eigenvalue weighted by Gasteiger charge is 2.31. The van der Waals surface area contributed by atoms with Crippen LogP contribution in [0, 0.1) is 0 Å². The average molecular weight is 332 g/mol. The van der Waals surface area contributed by atoms with Crippen molar-refractivity contribution in [2.75, 3.05) is 31.6 Å². The Bertz CT molecular complexity index is 682. The third-order valence-electron chi connectivity index (χ3n) is 3.75. The Labute approximate surface area is 126 Å². The summed E-state index contributed by atoms with van der Waals surface area (Å²) in [5, 5.41) is 3.09. The minimum atomic E-state index is -3.61. The second-order valence-electron chi connectivity index (χ2n) is 5.14. The highest BCUT2D eigenvalue weighted by Crippen LogP contribution is 2.20. The minimum Gasteiger partial charge on any atom is -0.313 e. The molecule has 118 valence electrons. The van der Waals surface area contributed by atoms with Crippen molar-refractivity contribution < 1.29 is 16.8 Å². The fourth-order valence-electron chi connectivity index (χ4n) is 2.18. The molecular formula is C13H20N2O4S2. The summed E-state index contributed by atoms with van der Waals surface area (Å²) in [5.41, 5.74) is 0.998. The molecule has 1 heterocycles. The normalized spacial score (nSPS) is 21.0. The van der Waals surface area contributed by atoms with Crippen molar-refractivity contribution in [3.63, 3.8) is 0 Å². The fourth-order valence-corrected chi connectivity index (χ4v) is 5.05. The number of rotatable bonds is 4. The first-order chi connectivity index (χ1) is 9.76. The van der Waals surface area contributed by atoms with Gasteiger partial charge in [-0.1, -0.05) is 12.1 Å². The zero-order valence-corrected chi connectivity index (χ0v) is 13.7. The Morgan fingerprint density at radius 1 is 1.14 bits per heavy atom. The SMILES string of the molecule is CNC(C)c1ccc(S(=O)(=O)N2CCS(=O)(=O)CC2)cc1. The van der Waals surface area contributed by atoms with Crippen LogP contribution >= 0.6 is 0 Å². The predicted octanol–water partition coefficient (Wildman–Crippen LogP) is 0.386. The maximum Gasteiger partial charge on any atom is 0.243 e. The molecule has 0 saturated carbocycles. The number of benzene rings is 1.